The van der Waals surface area contributed by atoms with Crippen molar-refractivity contribution in [2.24, 2.45) is 0 Å². The monoisotopic (exact) mass is 711 g/mol. The van der Waals surface area contributed by atoms with E-state index in [2.05, 4.69) is 25.2 Å². The van der Waals surface area contributed by atoms with Gasteiger partial charge in [-0.25, -0.2) is 15.0 Å². The Balaban J connectivity index is 0.946. The number of nitrogens with zero attached hydrogens (tertiary/aromatic N) is 5. The van der Waals surface area contributed by atoms with Crippen LogP contribution in [-0.4, -0.2) is 90.1 Å². The molecule has 0 radical (unpaired) electrons. The minimum absolute atomic E-state index is 0.145. The molecule has 0 aliphatic carbocycles. The molecule has 4 atom stereocenters. The summed E-state index contributed by atoms with van der Waals surface area (Å²) in [6, 6.07) is 12.3. The van der Waals surface area contributed by atoms with Gasteiger partial charge in [-0.2, -0.15) is 0 Å². The molecule has 13 nitrogen and oxygen atoms in total. The predicted octanol–water partition coefficient (Wildman–Crippen LogP) is 3.80. The second-order valence-electron chi connectivity index (χ2n) is 11.5. The van der Waals surface area contributed by atoms with Gasteiger partial charge in [-0.05, 0) is 54.4 Å². The van der Waals surface area contributed by atoms with Gasteiger partial charge in [0.15, 0.2) is 29.0 Å². The zero-order valence-electron chi connectivity index (χ0n) is 25.3. The Morgan fingerprint density at radius 2 is 1.92 bits per heavy atom. The van der Waals surface area contributed by atoms with Gasteiger partial charge in [-0.3, -0.25) is 14.3 Å². The van der Waals surface area contributed by atoms with Crippen molar-refractivity contribution in [2.45, 2.75) is 37.5 Å². The Hall–Kier alpha value is -3.86. The predicted molar refractivity (Wildman–Crippen MR) is 181 cm³/mol. The maximum absolute atomic E-state index is 13.3. The van der Waals surface area contributed by atoms with Gasteiger partial charge in [0.05, 0.1) is 33.5 Å². The number of aliphatic hydroxyl groups is 3. The van der Waals surface area contributed by atoms with E-state index in [0.717, 1.165) is 22.7 Å². The number of hydrogen-bond donors (Lipinski definition) is 5. The van der Waals surface area contributed by atoms with Crippen LogP contribution in [0.3, 0.4) is 0 Å². The van der Waals surface area contributed by atoms with Gasteiger partial charge in [-0.15, -0.1) is 11.3 Å². The van der Waals surface area contributed by atoms with Crippen LogP contribution >= 0.6 is 34.5 Å². The number of anilines is 3. The van der Waals surface area contributed by atoms with E-state index in [1.165, 1.54) is 28.6 Å². The van der Waals surface area contributed by atoms with E-state index >= 15 is 0 Å². The summed E-state index contributed by atoms with van der Waals surface area (Å²) in [5.74, 6) is 1.00. The highest BCUT2D eigenvalue weighted by molar-refractivity contribution is 7.16. The van der Waals surface area contributed by atoms with E-state index in [9.17, 15) is 20.1 Å². The molecule has 1 fully saturated rings. The Morgan fingerprint density at radius 3 is 2.67 bits per heavy atom. The van der Waals surface area contributed by atoms with Crippen LogP contribution in [0.15, 0.2) is 55.1 Å². The van der Waals surface area contributed by atoms with Crippen LogP contribution in [0, 0.1) is 0 Å². The Bertz CT molecular complexity index is 1970. The summed E-state index contributed by atoms with van der Waals surface area (Å²) in [6.45, 7) is 2.20. The first-order valence-electron chi connectivity index (χ1n) is 15.1. The fourth-order valence-corrected chi connectivity index (χ4v) is 7.46. The van der Waals surface area contributed by atoms with Crippen LogP contribution in [0.5, 0.6) is 5.75 Å². The number of fused-ring (bicyclic) bond motifs is 2. The number of rotatable bonds is 10. The lowest BCUT2D eigenvalue weighted by molar-refractivity contribution is -0.0511. The SMILES string of the molecule is Nc1sc2c(c1C(=O)c1ccc(Cl)c(Cl)c1)CCN(CCOc1ccc(Nc3ncnc4c3ncn4[C@@H]3O[C@H](CO)[C@@H](O)[C@H]3O)cc1)C2. The molecule has 2 aliphatic rings. The van der Waals surface area contributed by atoms with Crippen LogP contribution in [0.4, 0.5) is 16.5 Å². The third kappa shape index (κ3) is 6.21. The quantitative estimate of drug-likeness (QED) is 0.132. The Labute approximate surface area is 288 Å². The Kier molecular flexibility index (Phi) is 9.24. The van der Waals surface area contributed by atoms with Crippen molar-refractivity contribution in [3.05, 3.63) is 86.7 Å². The zero-order chi connectivity index (χ0) is 33.5. The fourth-order valence-electron chi connectivity index (χ4n) is 6.00. The molecule has 16 heteroatoms. The third-order valence-corrected chi connectivity index (χ3v) is 10.3. The second kappa shape index (κ2) is 13.6. The number of nitrogen functional groups attached to an aromatic ring is 1. The first-order chi connectivity index (χ1) is 23.2. The molecule has 5 heterocycles. The minimum Gasteiger partial charge on any atom is -0.492 e. The zero-order valence-corrected chi connectivity index (χ0v) is 27.6. The van der Waals surface area contributed by atoms with Crippen LogP contribution in [-0.2, 0) is 17.7 Å². The molecule has 2 aliphatic heterocycles. The van der Waals surface area contributed by atoms with Crippen LogP contribution in [0.25, 0.3) is 11.2 Å². The summed E-state index contributed by atoms with van der Waals surface area (Å²) in [4.78, 5) is 29.7. The third-order valence-electron chi connectivity index (χ3n) is 8.52. The van der Waals surface area contributed by atoms with Crippen molar-refractivity contribution in [1.82, 2.24) is 24.4 Å². The van der Waals surface area contributed by atoms with Gasteiger partial charge in [0.1, 0.15) is 37.0 Å². The van der Waals surface area contributed by atoms with Crippen LogP contribution < -0.4 is 15.8 Å². The van der Waals surface area contributed by atoms with E-state index in [4.69, 9.17) is 38.4 Å². The number of benzene rings is 2. The number of halogens is 2. The van der Waals surface area contributed by atoms with Crippen molar-refractivity contribution in [1.29, 1.82) is 0 Å². The maximum Gasteiger partial charge on any atom is 0.196 e. The van der Waals surface area contributed by atoms with E-state index in [1.54, 1.807) is 18.2 Å². The molecule has 0 spiro atoms. The molecule has 7 rings (SSSR count). The van der Waals surface area contributed by atoms with E-state index < -0.39 is 31.1 Å². The van der Waals surface area contributed by atoms with E-state index in [0.29, 0.717) is 75.0 Å². The number of carbonyl (C=O) groups is 1. The minimum atomic E-state index is -1.26. The van der Waals surface area contributed by atoms with Gasteiger partial charge in [-0.1, -0.05) is 23.2 Å². The summed E-state index contributed by atoms with van der Waals surface area (Å²) in [7, 11) is 0. The first kappa shape index (κ1) is 32.7. The number of nitrogens with one attached hydrogen (secondary N) is 1. The highest BCUT2D eigenvalue weighted by atomic mass is 35.5. The fraction of sp³-hybridized carbons (Fsp3) is 0.312. The van der Waals surface area contributed by atoms with Crippen molar-refractivity contribution in [3.8, 4) is 5.75 Å². The molecule has 0 amide bonds. The smallest absolute Gasteiger partial charge is 0.196 e. The molecule has 2 aromatic carbocycles. The summed E-state index contributed by atoms with van der Waals surface area (Å²) < 4.78 is 13.2. The first-order valence-corrected chi connectivity index (χ1v) is 16.7. The molecule has 0 unspecified atom stereocenters. The topological polar surface area (TPSA) is 181 Å². The molecule has 5 aromatic rings. The number of hydrogen-bond acceptors (Lipinski definition) is 13. The van der Waals surface area contributed by atoms with Gasteiger partial charge >= 0.3 is 0 Å². The molecule has 48 heavy (non-hydrogen) atoms. The second-order valence-corrected chi connectivity index (χ2v) is 13.5. The average Bonchev–Trinajstić information content (AvgIpc) is 3.75. The highest BCUT2D eigenvalue weighted by Gasteiger charge is 2.44. The van der Waals surface area contributed by atoms with Gasteiger partial charge in [0, 0.05) is 35.8 Å². The number of aliphatic hydroxyl groups excluding tert-OH is 3. The van der Waals surface area contributed by atoms with Crippen molar-refractivity contribution < 1.29 is 29.6 Å². The normalized spacial score (nSPS) is 21.0. The maximum atomic E-state index is 13.3. The van der Waals surface area contributed by atoms with Gasteiger partial charge < -0.3 is 35.8 Å². The Morgan fingerprint density at radius 1 is 1.10 bits per heavy atom. The lowest BCUT2D eigenvalue weighted by Gasteiger charge is -2.27. The van der Waals surface area contributed by atoms with Crippen molar-refractivity contribution in [2.75, 3.05) is 37.4 Å². The number of ether oxygens (including phenoxy) is 2. The molecule has 250 valence electrons. The number of aromatic nitrogens is 4. The van der Waals surface area contributed by atoms with Crippen LogP contribution in [0.2, 0.25) is 10.0 Å². The summed E-state index contributed by atoms with van der Waals surface area (Å²) in [5, 5.41) is 34.5. The number of nitrogens with two attached hydrogens (primary N) is 1. The number of carbonyl (C=O) groups excluding carboxylic acids is 1. The van der Waals surface area contributed by atoms with E-state index in [-0.39, 0.29) is 5.78 Å². The summed E-state index contributed by atoms with van der Waals surface area (Å²) >= 11 is 13.6. The molecule has 0 bridgehead atoms. The number of ketones is 1. The molecular weight excluding hydrogens is 681 g/mol. The van der Waals surface area contributed by atoms with Gasteiger partial charge in [0.25, 0.3) is 0 Å². The summed E-state index contributed by atoms with van der Waals surface area (Å²) in [6.07, 6.45) is -0.845. The molecular formula is C32H31Cl2N7O6S. The summed E-state index contributed by atoms with van der Waals surface area (Å²) in [5.41, 5.74) is 9.94. The number of thiophene rings is 1. The van der Waals surface area contributed by atoms with Crippen molar-refractivity contribution in [3.63, 3.8) is 0 Å². The standard InChI is InChI=1S/C32H31Cl2N7O6S/c33-20-6-1-16(11-21(20)34)26(43)24-19-7-8-40(12-23(19)48-29(24)35)9-10-46-18-4-2-17(3-5-18)39-30-25-31(37-14-36-30)41(15-38-25)32-28(45)27(44)22(13-42)47-32/h1-6,11,14-15,22,27-28,32,42,44-45H,7-10,12-13,35H2,(H,36,37,39)/t22-,27-,28-,32-/m1/s1. The largest absolute Gasteiger partial charge is 0.492 e. The average molecular weight is 713 g/mol. The lowest BCUT2D eigenvalue weighted by Crippen LogP contribution is -2.33. The number of imidazole rings is 1. The van der Waals surface area contributed by atoms with Crippen molar-refractivity contribution >= 4 is 68.0 Å². The molecule has 0 saturated carbocycles. The molecule has 6 N–H and O–H groups in total. The molecule has 3 aromatic heterocycles. The van der Waals surface area contributed by atoms with E-state index in [1.807, 2.05) is 24.3 Å². The van der Waals surface area contributed by atoms with Gasteiger partial charge in [0.2, 0.25) is 0 Å². The highest BCUT2D eigenvalue weighted by Crippen LogP contribution is 2.37. The van der Waals surface area contributed by atoms with Crippen LogP contribution in [0.1, 0.15) is 32.6 Å². The molecule has 1 saturated heterocycles. The lowest BCUT2D eigenvalue weighted by atomic mass is 9.96.